The van der Waals surface area contributed by atoms with Gasteiger partial charge in [0, 0.05) is 12.5 Å². The number of hydrogen-bond donors (Lipinski definition) is 2. The maximum absolute atomic E-state index is 6.11. The second-order valence-electron chi connectivity index (χ2n) is 5.20. The average molecular weight is 284 g/mol. The lowest BCUT2D eigenvalue weighted by Gasteiger charge is -2.13. The second-order valence-corrected chi connectivity index (χ2v) is 5.20. The van der Waals surface area contributed by atoms with Gasteiger partial charge in [-0.15, -0.1) is 0 Å². The Balaban J connectivity index is 1.82. The minimum Gasteiger partial charge on any atom is -0.476 e. The predicted octanol–water partition coefficient (Wildman–Crippen LogP) is 2.95. The highest BCUT2D eigenvalue weighted by Crippen LogP contribution is 2.40. The summed E-state index contributed by atoms with van der Waals surface area (Å²) in [5.41, 5.74) is 7.78. The Bertz CT molecular complexity index is 611. The molecule has 0 bridgehead atoms. The van der Waals surface area contributed by atoms with Gasteiger partial charge in [0.25, 0.3) is 0 Å². The number of benzene rings is 1. The van der Waals surface area contributed by atoms with E-state index in [-0.39, 0.29) is 0 Å². The van der Waals surface area contributed by atoms with Crippen LogP contribution in [0.3, 0.4) is 0 Å². The molecule has 21 heavy (non-hydrogen) atoms. The van der Waals surface area contributed by atoms with Gasteiger partial charge in [-0.1, -0.05) is 30.3 Å². The summed E-state index contributed by atoms with van der Waals surface area (Å²) in [7, 11) is 0. The van der Waals surface area contributed by atoms with E-state index in [1.807, 2.05) is 25.1 Å². The van der Waals surface area contributed by atoms with Crippen LogP contribution >= 0.6 is 0 Å². The fraction of sp³-hybridized carbons (Fsp3) is 0.375. The van der Waals surface area contributed by atoms with Gasteiger partial charge < -0.3 is 15.8 Å². The third kappa shape index (κ3) is 3.24. The fourth-order valence-corrected chi connectivity index (χ4v) is 2.15. The molecule has 0 radical (unpaired) electrons. The molecule has 1 aliphatic carbocycles. The van der Waals surface area contributed by atoms with Gasteiger partial charge in [0.1, 0.15) is 11.5 Å². The standard InChI is InChI=1S/C16H20N4O/c1-2-21-16-13(17)15(19-14(20-16)12-8-9-12)18-10-11-6-4-3-5-7-11/h3-7,12H,2,8-10,17H2,1H3,(H,18,19,20). The van der Waals surface area contributed by atoms with Gasteiger partial charge in [0.05, 0.1) is 6.61 Å². The molecule has 0 saturated heterocycles. The summed E-state index contributed by atoms with van der Waals surface area (Å²) in [5.74, 6) is 2.45. The molecule has 1 saturated carbocycles. The van der Waals surface area contributed by atoms with Crippen LogP contribution in [0.2, 0.25) is 0 Å². The van der Waals surface area contributed by atoms with Gasteiger partial charge in [-0.05, 0) is 25.3 Å². The van der Waals surface area contributed by atoms with Crippen molar-refractivity contribution in [1.82, 2.24) is 9.97 Å². The maximum atomic E-state index is 6.11. The van der Waals surface area contributed by atoms with E-state index in [0.717, 1.165) is 18.7 Å². The van der Waals surface area contributed by atoms with Crippen LogP contribution in [0.25, 0.3) is 0 Å². The van der Waals surface area contributed by atoms with Crippen LogP contribution < -0.4 is 15.8 Å². The average Bonchev–Trinajstić information content (AvgIpc) is 3.34. The van der Waals surface area contributed by atoms with Gasteiger partial charge in [-0.25, -0.2) is 4.98 Å². The van der Waals surface area contributed by atoms with Crippen LogP contribution in [0.5, 0.6) is 5.88 Å². The molecule has 1 fully saturated rings. The van der Waals surface area contributed by atoms with Crippen molar-refractivity contribution in [3.63, 3.8) is 0 Å². The summed E-state index contributed by atoms with van der Waals surface area (Å²) in [6.45, 7) is 3.15. The lowest BCUT2D eigenvalue weighted by atomic mass is 10.2. The van der Waals surface area contributed by atoms with E-state index in [1.54, 1.807) is 0 Å². The third-order valence-corrected chi connectivity index (χ3v) is 3.45. The van der Waals surface area contributed by atoms with E-state index >= 15 is 0 Å². The topological polar surface area (TPSA) is 73.1 Å². The lowest BCUT2D eigenvalue weighted by molar-refractivity contribution is 0.327. The minimum atomic E-state index is 0.460. The number of rotatable bonds is 6. The summed E-state index contributed by atoms with van der Waals surface area (Å²) < 4.78 is 5.53. The largest absolute Gasteiger partial charge is 0.476 e. The molecule has 110 valence electrons. The van der Waals surface area contributed by atoms with Crippen molar-refractivity contribution in [3.8, 4) is 5.88 Å². The van der Waals surface area contributed by atoms with Crippen molar-refractivity contribution >= 4 is 11.5 Å². The van der Waals surface area contributed by atoms with Crippen LogP contribution in [0.1, 0.15) is 37.1 Å². The molecule has 1 aliphatic rings. The zero-order valence-corrected chi connectivity index (χ0v) is 12.2. The quantitative estimate of drug-likeness (QED) is 0.853. The van der Waals surface area contributed by atoms with E-state index < -0.39 is 0 Å². The number of anilines is 2. The Morgan fingerprint density at radius 1 is 1.24 bits per heavy atom. The van der Waals surface area contributed by atoms with Gasteiger partial charge in [-0.3, -0.25) is 0 Å². The Hall–Kier alpha value is -2.30. The van der Waals surface area contributed by atoms with Gasteiger partial charge in [0.2, 0.25) is 5.88 Å². The molecule has 0 unspecified atom stereocenters. The van der Waals surface area contributed by atoms with Crippen molar-refractivity contribution < 1.29 is 4.74 Å². The molecule has 0 aliphatic heterocycles. The van der Waals surface area contributed by atoms with Crippen LogP contribution in [0.15, 0.2) is 30.3 Å². The number of nitrogens with two attached hydrogens (primary N) is 1. The monoisotopic (exact) mass is 284 g/mol. The number of nitrogens with zero attached hydrogens (tertiary/aromatic N) is 2. The van der Waals surface area contributed by atoms with Crippen molar-refractivity contribution in [2.24, 2.45) is 0 Å². The fourth-order valence-electron chi connectivity index (χ4n) is 2.15. The molecule has 0 atom stereocenters. The van der Waals surface area contributed by atoms with Crippen LogP contribution in [-0.2, 0) is 6.54 Å². The van der Waals surface area contributed by atoms with Crippen molar-refractivity contribution in [2.45, 2.75) is 32.2 Å². The van der Waals surface area contributed by atoms with Crippen molar-refractivity contribution in [3.05, 3.63) is 41.7 Å². The summed E-state index contributed by atoms with van der Waals surface area (Å²) in [6, 6.07) is 10.2. The molecule has 0 amide bonds. The number of aromatic nitrogens is 2. The predicted molar refractivity (Wildman–Crippen MR) is 83.4 cm³/mol. The van der Waals surface area contributed by atoms with E-state index in [1.165, 1.54) is 5.56 Å². The highest BCUT2D eigenvalue weighted by atomic mass is 16.5. The first-order chi connectivity index (χ1) is 10.3. The Kier molecular flexibility index (Phi) is 3.90. The highest BCUT2D eigenvalue weighted by molar-refractivity contribution is 5.67. The van der Waals surface area contributed by atoms with Gasteiger partial charge in [0.15, 0.2) is 5.82 Å². The third-order valence-electron chi connectivity index (χ3n) is 3.45. The molecule has 1 heterocycles. The van der Waals surface area contributed by atoms with Gasteiger partial charge >= 0.3 is 0 Å². The minimum absolute atomic E-state index is 0.460. The molecule has 3 rings (SSSR count). The zero-order chi connectivity index (χ0) is 14.7. The SMILES string of the molecule is CCOc1nc(C2CC2)nc(NCc2ccccc2)c1N. The van der Waals surface area contributed by atoms with E-state index in [0.29, 0.717) is 36.5 Å². The van der Waals surface area contributed by atoms with Crippen LogP contribution in [0.4, 0.5) is 11.5 Å². The van der Waals surface area contributed by atoms with Crippen molar-refractivity contribution in [2.75, 3.05) is 17.7 Å². The Labute approximate surface area is 124 Å². The molecule has 5 nitrogen and oxygen atoms in total. The first-order valence-electron chi connectivity index (χ1n) is 7.36. The van der Waals surface area contributed by atoms with Crippen LogP contribution in [0, 0.1) is 0 Å². The number of ether oxygens (including phenoxy) is 1. The number of nitrogens with one attached hydrogen (secondary N) is 1. The first kappa shape index (κ1) is 13.7. The van der Waals surface area contributed by atoms with E-state index in [2.05, 4.69) is 27.4 Å². The molecule has 0 spiro atoms. The normalized spacial score (nSPS) is 14.0. The summed E-state index contributed by atoms with van der Waals surface area (Å²) in [4.78, 5) is 9.01. The summed E-state index contributed by atoms with van der Waals surface area (Å²) >= 11 is 0. The van der Waals surface area contributed by atoms with Crippen molar-refractivity contribution in [1.29, 1.82) is 0 Å². The number of hydrogen-bond acceptors (Lipinski definition) is 5. The number of nitrogen functional groups attached to an aromatic ring is 1. The summed E-state index contributed by atoms with van der Waals surface area (Å²) in [6.07, 6.45) is 2.29. The van der Waals surface area contributed by atoms with Gasteiger partial charge in [-0.2, -0.15) is 4.98 Å². The molecular weight excluding hydrogens is 264 g/mol. The molecular formula is C16H20N4O. The lowest BCUT2D eigenvalue weighted by Crippen LogP contribution is -2.10. The maximum Gasteiger partial charge on any atom is 0.242 e. The summed E-state index contributed by atoms with van der Waals surface area (Å²) in [5, 5.41) is 3.29. The molecule has 1 aromatic heterocycles. The van der Waals surface area contributed by atoms with Crippen LogP contribution in [-0.4, -0.2) is 16.6 Å². The molecule has 3 N–H and O–H groups in total. The smallest absolute Gasteiger partial charge is 0.242 e. The van der Waals surface area contributed by atoms with E-state index in [4.69, 9.17) is 10.5 Å². The zero-order valence-electron chi connectivity index (χ0n) is 12.2. The van der Waals surface area contributed by atoms with E-state index in [9.17, 15) is 0 Å². The first-order valence-corrected chi connectivity index (χ1v) is 7.36. The second kappa shape index (κ2) is 5.99. The Morgan fingerprint density at radius 2 is 2.00 bits per heavy atom. The Morgan fingerprint density at radius 3 is 2.67 bits per heavy atom. The highest BCUT2D eigenvalue weighted by Gasteiger charge is 2.28. The molecule has 1 aromatic carbocycles. The molecule has 2 aromatic rings. The molecule has 5 heteroatoms.